The summed E-state index contributed by atoms with van der Waals surface area (Å²) in [5, 5.41) is 5.64. The van der Waals surface area contributed by atoms with Gasteiger partial charge < -0.3 is 4.74 Å². The quantitative estimate of drug-likeness (QED) is 0.702. The standard InChI is InChI=1S/C9H12N2O2S/c1-6-8(3-12)9(11(2)10-6)14-7-4-13-5-7/h3,7H,4-5H2,1-2H3. The van der Waals surface area contributed by atoms with E-state index in [9.17, 15) is 4.79 Å². The van der Waals surface area contributed by atoms with E-state index in [1.54, 1.807) is 16.4 Å². The zero-order chi connectivity index (χ0) is 10.1. The van der Waals surface area contributed by atoms with Crippen LogP contribution in [0.25, 0.3) is 0 Å². The molecule has 1 fully saturated rings. The van der Waals surface area contributed by atoms with E-state index in [1.807, 2.05) is 14.0 Å². The second kappa shape index (κ2) is 3.74. The van der Waals surface area contributed by atoms with Gasteiger partial charge in [-0.3, -0.25) is 9.48 Å². The average molecular weight is 212 g/mol. The fourth-order valence-electron chi connectivity index (χ4n) is 1.37. The molecule has 1 aromatic heterocycles. The number of carbonyl (C=O) groups is 1. The van der Waals surface area contributed by atoms with Crippen molar-refractivity contribution in [2.45, 2.75) is 17.2 Å². The molecule has 0 unspecified atom stereocenters. The Morgan fingerprint density at radius 3 is 2.86 bits per heavy atom. The number of nitrogens with zero attached hydrogens (tertiary/aromatic N) is 2. The van der Waals surface area contributed by atoms with Crippen molar-refractivity contribution in [3.8, 4) is 0 Å². The highest BCUT2D eigenvalue weighted by molar-refractivity contribution is 8.00. The van der Waals surface area contributed by atoms with Crippen molar-refractivity contribution in [2.75, 3.05) is 13.2 Å². The van der Waals surface area contributed by atoms with Crippen molar-refractivity contribution in [3.05, 3.63) is 11.3 Å². The van der Waals surface area contributed by atoms with Crippen molar-refractivity contribution in [3.63, 3.8) is 0 Å². The van der Waals surface area contributed by atoms with Crippen molar-refractivity contribution >= 4 is 18.0 Å². The van der Waals surface area contributed by atoms with E-state index in [-0.39, 0.29) is 0 Å². The number of aromatic nitrogens is 2. The van der Waals surface area contributed by atoms with Crippen LogP contribution in [0.15, 0.2) is 5.03 Å². The lowest BCUT2D eigenvalue weighted by Gasteiger charge is -2.25. The van der Waals surface area contributed by atoms with Crippen LogP contribution in [-0.2, 0) is 11.8 Å². The molecule has 76 valence electrons. The predicted octanol–water partition coefficient (Wildman–Crippen LogP) is 1.03. The molecule has 5 heteroatoms. The number of carbonyl (C=O) groups excluding carboxylic acids is 1. The third kappa shape index (κ3) is 1.57. The molecule has 14 heavy (non-hydrogen) atoms. The molecular formula is C9H12N2O2S. The topological polar surface area (TPSA) is 44.1 Å². The second-order valence-corrected chi connectivity index (χ2v) is 4.61. The molecule has 1 aliphatic rings. The van der Waals surface area contributed by atoms with Crippen LogP contribution in [0.1, 0.15) is 16.1 Å². The Morgan fingerprint density at radius 2 is 2.36 bits per heavy atom. The summed E-state index contributed by atoms with van der Waals surface area (Å²) in [7, 11) is 1.86. The molecule has 2 heterocycles. The smallest absolute Gasteiger partial charge is 0.154 e. The second-order valence-electron chi connectivity index (χ2n) is 3.32. The summed E-state index contributed by atoms with van der Waals surface area (Å²) in [4.78, 5) is 10.9. The van der Waals surface area contributed by atoms with E-state index in [1.165, 1.54) is 0 Å². The Labute approximate surface area is 86.6 Å². The van der Waals surface area contributed by atoms with Crippen LogP contribution in [0.4, 0.5) is 0 Å². The minimum Gasteiger partial charge on any atom is -0.379 e. The van der Waals surface area contributed by atoms with Gasteiger partial charge in [0.15, 0.2) is 6.29 Å². The van der Waals surface area contributed by atoms with Crippen LogP contribution in [0, 0.1) is 6.92 Å². The molecule has 1 aliphatic heterocycles. The van der Waals surface area contributed by atoms with Crippen molar-refractivity contribution < 1.29 is 9.53 Å². The average Bonchev–Trinajstić information content (AvgIpc) is 2.33. The Balaban J connectivity index is 2.24. The molecular weight excluding hydrogens is 200 g/mol. The van der Waals surface area contributed by atoms with Crippen LogP contribution >= 0.6 is 11.8 Å². The Hall–Kier alpha value is -0.810. The molecule has 0 amide bonds. The third-order valence-corrected chi connectivity index (χ3v) is 3.53. The van der Waals surface area contributed by atoms with Gasteiger partial charge in [-0.25, -0.2) is 0 Å². The number of hydrogen-bond acceptors (Lipinski definition) is 4. The number of aldehydes is 1. The molecule has 0 spiro atoms. The Kier molecular flexibility index (Phi) is 2.60. The van der Waals surface area contributed by atoms with Gasteiger partial charge in [0.1, 0.15) is 5.03 Å². The maximum absolute atomic E-state index is 10.9. The van der Waals surface area contributed by atoms with Gasteiger partial charge in [-0.2, -0.15) is 5.10 Å². The summed E-state index contributed by atoms with van der Waals surface area (Å²) in [6.45, 7) is 3.39. The molecule has 0 atom stereocenters. The first kappa shape index (κ1) is 9.73. The molecule has 0 aromatic carbocycles. The highest BCUT2D eigenvalue weighted by atomic mass is 32.2. The number of aryl methyl sites for hydroxylation is 2. The zero-order valence-corrected chi connectivity index (χ0v) is 9.00. The van der Waals surface area contributed by atoms with Crippen LogP contribution in [0.2, 0.25) is 0 Å². The Morgan fingerprint density at radius 1 is 1.64 bits per heavy atom. The molecule has 0 aliphatic carbocycles. The van der Waals surface area contributed by atoms with E-state index < -0.39 is 0 Å². The first-order valence-corrected chi connectivity index (χ1v) is 5.33. The SMILES string of the molecule is Cc1nn(C)c(SC2COC2)c1C=O. The fourth-order valence-corrected chi connectivity index (χ4v) is 2.53. The molecule has 0 saturated carbocycles. The molecule has 0 N–H and O–H groups in total. The van der Waals surface area contributed by atoms with Crippen LogP contribution in [0.3, 0.4) is 0 Å². The minimum atomic E-state index is 0.475. The fraction of sp³-hybridized carbons (Fsp3) is 0.556. The van der Waals surface area contributed by atoms with Gasteiger partial charge in [0.25, 0.3) is 0 Å². The van der Waals surface area contributed by atoms with E-state index in [4.69, 9.17) is 4.74 Å². The first-order valence-electron chi connectivity index (χ1n) is 4.45. The zero-order valence-electron chi connectivity index (χ0n) is 8.19. The van der Waals surface area contributed by atoms with Crippen molar-refractivity contribution in [1.82, 2.24) is 9.78 Å². The molecule has 4 nitrogen and oxygen atoms in total. The predicted molar refractivity (Wildman–Crippen MR) is 53.8 cm³/mol. The number of thioether (sulfide) groups is 1. The van der Waals surface area contributed by atoms with Crippen molar-refractivity contribution in [2.24, 2.45) is 7.05 Å². The van der Waals surface area contributed by atoms with Gasteiger partial charge in [0.2, 0.25) is 0 Å². The largest absolute Gasteiger partial charge is 0.379 e. The van der Waals surface area contributed by atoms with E-state index in [0.29, 0.717) is 10.8 Å². The Bertz CT molecular complexity index is 358. The normalized spacial score (nSPS) is 16.7. The summed E-state index contributed by atoms with van der Waals surface area (Å²) >= 11 is 1.67. The van der Waals surface area contributed by atoms with E-state index in [2.05, 4.69) is 5.10 Å². The highest BCUT2D eigenvalue weighted by Gasteiger charge is 2.23. The summed E-state index contributed by atoms with van der Waals surface area (Å²) in [6.07, 6.45) is 0.879. The molecule has 1 saturated heterocycles. The highest BCUT2D eigenvalue weighted by Crippen LogP contribution is 2.30. The summed E-state index contributed by atoms with van der Waals surface area (Å²) < 4.78 is 6.85. The molecule has 0 radical (unpaired) electrons. The van der Waals surface area contributed by atoms with Gasteiger partial charge in [0.05, 0.1) is 29.7 Å². The lowest BCUT2D eigenvalue weighted by Crippen LogP contribution is -2.30. The van der Waals surface area contributed by atoms with E-state index in [0.717, 1.165) is 30.2 Å². The van der Waals surface area contributed by atoms with Gasteiger partial charge in [-0.1, -0.05) is 11.8 Å². The third-order valence-electron chi connectivity index (χ3n) is 2.22. The van der Waals surface area contributed by atoms with E-state index >= 15 is 0 Å². The monoisotopic (exact) mass is 212 g/mol. The van der Waals surface area contributed by atoms with Crippen LogP contribution < -0.4 is 0 Å². The summed E-state index contributed by atoms with van der Waals surface area (Å²) in [5.41, 5.74) is 1.51. The minimum absolute atomic E-state index is 0.475. The molecule has 1 aromatic rings. The maximum Gasteiger partial charge on any atom is 0.154 e. The number of hydrogen-bond donors (Lipinski definition) is 0. The summed E-state index contributed by atoms with van der Waals surface area (Å²) in [5.74, 6) is 0. The summed E-state index contributed by atoms with van der Waals surface area (Å²) in [6, 6.07) is 0. The molecule has 0 bridgehead atoms. The van der Waals surface area contributed by atoms with Gasteiger partial charge >= 0.3 is 0 Å². The lowest BCUT2D eigenvalue weighted by molar-refractivity contribution is 0.0454. The number of ether oxygens (including phenoxy) is 1. The van der Waals surface area contributed by atoms with Crippen LogP contribution in [-0.4, -0.2) is 34.5 Å². The first-order chi connectivity index (χ1) is 6.72. The maximum atomic E-state index is 10.9. The van der Waals surface area contributed by atoms with Gasteiger partial charge in [-0.15, -0.1) is 0 Å². The lowest BCUT2D eigenvalue weighted by atomic mass is 10.3. The van der Waals surface area contributed by atoms with Gasteiger partial charge in [0, 0.05) is 7.05 Å². The molecule has 2 rings (SSSR count). The van der Waals surface area contributed by atoms with Crippen LogP contribution in [0.5, 0.6) is 0 Å². The number of rotatable bonds is 3. The van der Waals surface area contributed by atoms with Gasteiger partial charge in [-0.05, 0) is 6.92 Å². The van der Waals surface area contributed by atoms with Crippen molar-refractivity contribution in [1.29, 1.82) is 0 Å².